The zero-order valence-corrected chi connectivity index (χ0v) is 13.1. The fraction of sp³-hybridized carbons (Fsp3) is 0.167. The molecule has 0 aliphatic rings. The summed E-state index contributed by atoms with van der Waals surface area (Å²) in [6.45, 7) is -0.258. The predicted octanol–water partition coefficient (Wildman–Crippen LogP) is 1.97. The number of nitrogens with zero attached hydrogens (tertiary/aromatic N) is 1. The van der Waals surface area contributed by atoms with E-state index in [2.05, 4.69) is 5.32 Å². The lowest BCUT2D eigenvalue weighted by atomic mass is 10.1. The number of hydrogen-bond donors (Lipinski definition) is 1. The first kappa shape index (κ1) is 17.0. The number of hydrogen-bond acceptors (Lipinski definition) is 5. The van der Waals surface area contributed by atoms with Crippen molar-refractivity contribution in [3.05, 3.63) is 65.7 Å². The summed E-state index contributed by atoms with van der Waals surface area (Å²) in [5.74, 6) is -0.565. The molecule has 24 heavy (non-hydrogen) atoms. The van der Waals surface area contributed by atoms with Gasteiger partial charge in [-0.25, -0.2) is 4.79 Å². The Balaban J connectivity index is 1.97. The Labute approximate surface area is 139 Å². The number of carbonyl (C=O) groups excluding carboxylic acids is 2. The average Bonchev–Trinajstić information content (AvgIpc) is 2.65. The molecular formula is C18H16N2O4. The fourth-order valence-corrected chi connectivity index (χ4v) is 2.02. The lowest BCUT2D eigenvalue weighted by molar-refractivity contribution is -0.145. The minimum atomic E-state index is -0.895. The van der Waals surface area contributed by atoms with Crippen molar-refractivity contribution < 1.29 is 19.1 Å². The van der Waals surface area contributed by atoms with Gasteiger partial charge in [-0.3, -0.25) is 4.79 Å². The third-order valence-corrected chi connectivity index (χ3v) is 3.23. The quantitative estimate of drug-likeness (QED) is 0.821. The Morgan fingerprint density at radius 1 is 1.12 bits per heavy atom. The second-order valence-corrected chi connectivity index (χ2v) is 4.86. The van der Waals surface area contributed by atoms with Crippen LogP contribution >= 0.6 is 0 Å². The van der Waals surface area contributed by atoms with Crippen molar-refractivity contribution in [1.82, 2.24) is 5.32 Å². The van der Waals surface area contributed by atoms with Crippen LogP contribution in [-0.2, 0) is 14.3 Å². The number of carbonyl (C=O) groups is 2. The van der Waals surface area contributed by atoms with Gasteiger partial charge in [-0.05, 0) is 29.8 Å². The Hall–Kier alpha value is -3.33. The van der Waals surface area contributed by atoms with E-state index in [0.29, 0.717) is 16.9 Å². The summed E-state index contributed by atoms with van der Waals surface area (Å²) in [4.78, 5) is 23.9. The van der Waals surface area contributed by atoms with Gasteiger partial charge in [0.05, 0.1) is 18.7 Å². The molecule has 0 aromatic heterocycles. The molecule has 1 amide bonds. The number of rotatable bonds is 6. The van der Waals surface area contributed by atoms with Gasteiger partial charge < -0.3 is 14.8 Å². The zero-order chi connectivity index (χ0) is 17.4. The molecular weight excluding hydrogens is 308 g/mol. The fourth-order valence-electron chi connectivity index (χ4n) is 2.02. The van der Waals surface area contributed by atoms with Gasteiger partial charge in [-0.1, -0.05) is 30.3 Å². The minimum absolute atomic E-state index is 0.258. The molecule has 0 fully saturated rings. The highest BCUT2D eigenvalue weighted by Crippen LogP contribution is 2.15. The van der Waals surface area contributed by atoms with E-state index < -0.39 is 17.9 Å². The molecule has 122 valence electrons. The van der Waals surface area contributed by atoms with Gasteiger partial charge in [0.2, 0.25) is 0 Å². The topological polar surface area (TPSA) is 88.4 Å². The number of benzene rings is 2. The van der Waals surface area contributed by atoms with Crippen LogP contribution in [0.5, 0.6) is 5.75 Å². The van der Waals surface area contributed by atoms with Crippen molar-refractivity contribution in [1.29, 1.82) is 5.26 Å². The molecule has 0 heterocycles. The van der Waals surface area contributed by atoms with Crippen molar-refractivity contribution in [3.63, 3.8) is 0 Å². The Bertz CT molecular complexity index is 736. The maximum Gasteiger partial charge on any atom is 0.333 e. The summed E-state index contributed by atoms with van der Waals surface area (Å²) < 4.78 is 10.1. The maximum atomic E-state index is 12.0. The second-order valence-electron chi connectivity index (χ2n) is 4.86. The van der Waals surface area contributed by atoms with Crippen LogP contribution in [0.25, 0.3) is 0 Å². The van der Waals surface area contributed by atoms with Crippen LogP contribution < -0.4 is 10.1 Å². The summed E-state index contributed by atoms with van der Waals surface area (Å²) in [6, 6.07) is 16.3. The first-order valence-electron chi connectivity index (χ1n) is 7.19. The smallest absolute Gasteiger partial charge is 0.333 e. The van der Waals surface area contributed by atoms with Gasteiger partial charge in [0.1, 0.15) is 5.75 Å². The van der Waals surface area contributed by atoms with Crippen LogP contribution in [0.15, 0.2) is 54.6 Å². The van der Waals surface area contributed by atoms with Crippen LogP contribution in [0, 0.1) is 11.3 Å². The van der Waals surface area contributed by atoms with E-state index >= 15 is 0 Å². The number of methoxy groups -OCH3 is 1. The highest BCUT2D eigenvalue weighted by molar-refractivity contribution is 5.86. The summed E-state index contributed by atoms with van der Waals surface area (Å²) in [6.07, 6.45) is 0. The molecule has 2 aromatic rings. The molecule has 6 heteroatoms. The third kappa shape index (κ3) is 4.58. The average molecular weight is 324 g/mol. The SMILES string of the molecule is COC(=O)C(NC(=O)COc1ccc(C#N)cc1)c1ccccc1. The van der Waals surface area contributed by atoms with E-state index in [1.165, 1.54) is 7.11 Å². The number of nitrogens with one attached hydrogen (secondary N) is 1. The maximum absolute atomic E-state index is 12.0. The summed E-state index contributed by atoms with van der Waals surface area (Å²) in [7, 11) is 1.26. The highest BCUT2D eigenvalue weighted by Gasteiger charge is 2.23. The first-order chi connectivity index (χ1) is 11.6. The van der Waals surface area contributed by atoms with Gasteiger partial charge >= 0.3 is 5.97 Å². The minimum Gasteiger partial charge on any atom is -0.484 e. The van der Waals surface area contributed by atoms with Crippen molar-refractivity contribution >= 4 is 11.9 Å². The highest BCUT2D eigenvalue weighted by atomic mass is 16.5. The first-order valence-corrected chi connectivity index (χ1v) is 7.19. The standard InChI is InChI=1S/C18H16N2O4/c1-23-18(22)17(14-5-3-2-4-6-14)20-16(21)12-24-15-9-7-13(11-19)8-10-15/h2-10,17H,12H2,1H3,(H,20,21). The molecule has 2 rings (SSSR count). The van der Waals surface area contributed by atoms with E-state index in [1.807, 2.05) is 12.1 Å². The number of nitriles is 1. The lowest BCUT2D eigenvalue weighted by Gasteiger charge is -2.17. The van der Waals surface area contributed by atoms with Crippen LogP contribution in [0.4, 0.5) is 0 Å². The third-order valence-electron chi connectivity index (χ3n) is 3.23. The zero-order valence-electron chi connectivity index (χ0n) is 13.1. The molecule has 0 bridgehead atoms. The van der Waals surface area contributed by atoms with Crippen LogP contribution in [0.2, 0.25) is 0 Å². The van der Waals surface area contributed by atoms with Gasteiger partial charge in [-0.2, -0.15) is 5.26 Å². The normalized spacial score (nSPS) is 11.0. The monoisotopic (exact) mass is 324 g/mol. The predicted molar refractivity (Wildman–Crippen MR) is 86.0 cm³/mol. The number of amides is 1. The van der Waals surface area contributed by atoms with E-state index in [1.54, 1.807) is 48.5 Å². The Morgan fingerprint density at radius 3 is 2.38 bits per heavy atom. The Morgan fingerprint density at radius 2 is 1.79 bits per heavy atom. The van der Waals surface area contributed by atoms with Gasteiger partial charge in [-0.15, -0.1) is 0 Å². The largest absolute Gasteiger partial charge is 0.484 e. The van der Waals surface area contributed by atoms with E-state index in [-0.39, 0.29) is 6.61 Å². The molecule has 0 saturated heterocycles. The molecule has 6 nitrogen and oxygen atoms in total. The molecule has 0 radical (unpaired) electrons. The summed E-state index contributed by atoms with van der Waals surface area (Å²) in [5, 5.41) is 11.3. The second kappa shape index (κ2) is 8.34. The molecule has 0 aliphatic heterocycles. The lowest BCUT2D eigenvalue weighted by Crippen LogP contribution is -2.37. The van der Waals surface area contributed by atoms with E-state index in [4.69, 9.17) is 14.7 Å². The van der Waals surface area contributed by atoms with Gasteiger partial charge in [0.25, 0.3) is 5.91 Å². The number of ether oxygens (including phenoxy) is 2. The van der Waals surface area contributed by atoms with E-state index in [0.717, 1.165) is 0 Å². The molecule has 2 aromatic carbocycles. The number of esters is 1. The van der Waals surface area contributed by atoms with Crippen LogP contribution in [0.1, 0.15) is 17.2 Å². The molecule has 0 aliphatic carbocycles. The molecule has 1 N–H and O–H groups in total. The van der Waals surface area contributed by atoms with Crippen LogP contribution in [-0.4, -0.2) is 25.6 Å². The summed E-state index contributed by atoms with van der Waals surface area (Å²) >= 11 is 0. The Kier molecular flexibility index (Phi) is 5.92. The molecule has 1 unspecified atom stereocenters. The summed E-state index contributed by atoms with van der Waals surface area (Å²) in [5.41, 5.74) is 1.12. The molecule has 1 atom stereocenters. The van der Waals surface area contributed by atoms with Crippen molar-refractivity contribution in [2.75, 3.05) is 13.7 Å². The van der Waals surface area contributed by atoms with Crippen molar-refractivity contribution in [3.8, 4) is 11.8 Å². The van der Waals surface area contributed by atoms with Crippen LogP contribution in [0.3, 0.4) is 0 Å². The van der Waals surface area contributed by atoms with Gasteiger partial charge in [0, 0.05) is 0 Å². The van der Waals surface area contributed by atoms with Crippen molar-refractivity contribution in [2.24, 2.45) is 0 Å². The van der Waals surface area contributed by atoms with E-state index in [9.17, 15) is 9.59 Å². The molecule has 0 saturated carbocycles. The van der Waals surface area contributed by atoms with Crippen molar-refractivity contribution in [2.45, 2.75) is 6.04 Å². The van der Waals surface area contributed by atoms with Gasteiger partial charge in [0.15, 0.2) is 12.6 Å². The molecule has 0 spiro atoms.